The Morgan fingerprint density at radius 2 is 1.81 bits per heavy atom. The summed E-state index contributed by atoms with van der Waals surface area (Å²) in [5, 5.41) is 22.5. The molecule has 8 heteroatoms. The average molecular weight is 494 g/mol. The highest BCUT2D eigenvalue weighted by molar-refractivity contribution is 6.01. The standard InChI is InChI=1S/C28H31NO7/c1-26-12-9-20(30)15-18(26)5-8-21-22(26)10-13-27(2)23(21)11-14-28(27,33)24(31)16-36-25(32)17-3-6-19(7-4-17)29(34)35/h3-4,6-7,9,12,15,21-23,33H,5,8,10-11,13-14,16H2,1-2H3/t21-,22+,23+,26-,27+,28+/m0/s1. The first kappa shape index (κ1) is 24.6. The van der Waals surface area contributed by atoms with Crippen LogP contribution >= 0.6 is 0 Å². The zero-order valence-corrected chi connectivity index (χ0v) is 20.6. The minimum absolute atomic E-state index is 0.0469. The van der Waals surface area contributed by atoms with Gasteiger partial charge in [-0.1, -0.05) is 25.5 Å². The van der Waals surface area contributed by atoms with Crippen molar-refractivity contribution in [2.75, 3.05) is 6.61 Å². The van der Waals surface area contributed by atoms with E-state index in [1.807, 2.05) is 6.92 Å². The van der Waals surface area contributed by atoms with Gasteiger partial charge in [0.2, 0.25) is 5.78 Å². The maximum absolute atomic E-state index is 13.3. The molecule has 0 amide bonds. The maximum atomic E-state index is 13.3. The Kier molecular flexibility index (Phi) is 5.78. The van der Waals surface area contributed by atoms with E-state index in [2.05, 4.69) is 13.0 Å². The van der Waals surface area contributed by atoms with Crippen LogP contribution in [0.2, 0.25) is 0 Å². The number of aliphatic hydroxyl groups is 1. The largest absolute Gasteiger partial charge is 0.454 e. The number of ketones is 2. The highest BCUT2D eigenvalue weighted by Crippen LogP contribution is 2.67. The molecule has 0 unspecified atom stereocenters. The van der Waals surface area contributed by atoms with E-state index in [1.54, 1.807) is 12.2 Å². The van der Waals surface area contributed by atoms with Gasteiger partial charge in [-0.05, 0) is 80.6 Å². The zero-order chi connectivity index (χ0) is 25.9. The molecular weight excluding hydrogens is 462 g/mol. The van der Waals surface area contributed by atoms with Crippen molar-refractivity contribution in [2.45, 2.75) is 58.0 Å². The van der Waals surface area contributed by atoms with E-state index >= 15 is 0 Å². The number of rotatable bonds is 5. The van der Waals surface area contributed by atoms with Crippen LogP contribution < -0.4 is 0 Å². The van der Waals surface area contributed by atoms with Gasteiger partial charge in [-0.3, -0.25) is 19.7 Å². The summed E-state index contributed by atoms with van der Waals surface area (Å²) in [7, 11) is 0. The molecule has 6 atom stereocenters. The van der Waals surface area contributed by atoms with Gasteiger partial charge in [0, 0.05) is 23.0 Å². The molecule has 0 aliphatic heterocycles. The van der Waals surface area contributed by atoms with E-state index in [-0.39, 0.29) is 28.4 Å². The number of ether oxygens (including phenoxy) is 1. The molecule has 0 bridgehead atoms. The number of non-ortho nitro benzene ring substituents is 1. The second kappa shape index (κ2) is 8.47. The lowest BCUT2D eigenvalue weighted by Gasteiger charge is -2.57. The number of fused-ring (bicyclic) bond motifs is 5. The monoisotopic (exact) mass is 493 g/mol. The van der Waals surface area contributed by atoms with Crippen LogP contribution in [0.25, 0.3) is 0 Å². The van der Waals surface area contributed by atoms with Gasteiger partial charge < -0.3 is 9.84 Å². The third-order valence-electron chi connectivity index (χ3n) is 9.82. The Morgan fingerprint density at radius 3 is 2.50 bits per heavy atom. The highest BCUT2D eigenvalue weighted by Gasteiger charge is 2.66. The number of benzene rings is 1. The number of esters is 1. The van der Waals surface area contributed by atoms with Crippen molar-refractivity contribution >= 4 is 23.2 Å². The number of hydrogen-bond acceptors (Lipinski definition) is 7. The van der Waals surface area contributed by atoms with Crippen LogP contribution in [0.3, 0.4) is 0 Å². The molecule has 1 N–H and O–H groups in total. The Hall–Kier alpha value is -3.13. The van der Waals surface area contributed by atoms with Gasteiger partial charge in [0.05, 0.1) is 10.5 Å². The summed E-state index contributed by atoms with van der Waals surface area (Å²) in [5.41, 5.74) is -1.20. The molecule has 0 radical (unpaired) electrons. The SMILES string of the molecule is C[C@]12C=CC(=O)C=C1CC[C@H]1[C@H]2CC[C@]2(C)[C@@H]1CC[C@@]2(O)C(=O)COC(=O)c1ccc([N+](=O)[O-])cc1. The molecule has 1 aromatic rings. The van der Waals surface area contributed by atoms with Crippen LogP contribution in [0.4, 0.5) is 5.69 Å². The molecule has 4 aliphatic carbocycles. The predicted molar refractivity (Wildman–Crippen MR) is 130 cm³/mol. The molecule has 5 rings (SSSR count). The first-order chi connectivity index (χ1) is 17.0. The average Bonchev–Trinajstić information content (AvgIpc) is 3.14. The molecule has 0 heterocycles. The number of hydrogen-bond donors (Lipinski definition) is 1. The van der Waals surface area contributed by atoms with Gasteiger partial charge in [-0.2, -0.15) is 0 Å². The smallest absolute Gasteiger partial charge is 0.338 e. The van der Waals surface area contributed by atoms with E-state index in [0.717, 1.165) is 25.7 Å². The number of allylic oxidation sites excluding steroid dienone is 4. The van der Waals surface area contributed by atoms with Gasteiger partial charge in [0.25, 0.3) is 5.69 Å². The Balaban J connectivity index is 1.30. The fourth-order valence-corrected chi connectivity index (χ4v) is 7.72. The fraction of sp³-hybridized carbons (Fsp3) is 0.536. The summed E-state index contributed by atoms with van der Waals surface area (Å²) in [5.74, 6) is -0.341. The van der Waals surface area contributed by atoms with Crippen molar-refractivity contribution in [1.29, 1.82) is 0 Å². The maximum Gasteiger partial charge on any atom is 0.338 e. The molecule has 3 fully saturated rings. The molecule has 3 saturated carbocycles. The first-order valence-electron chi connectivity index (χ1n) is 12.6. The molecule has 0 saturated heterocycles. The third-order valence-corrected chi connectivity index (χ3v) is 9.82. The quantitative estimate of drug-likeness (QED) is 0.367. The lowest BCUT2D eigenvalue weighted by molar-refractivity contribution is -0.384. The van der Waals surface area contributed by atoms with Crippen molar-refractivity contribution in [3.05, 3.63) is 63.7 Å². The van der Waals surface area contributed by atoms with E-state index in [0.29, 0.717) is 24.7 Å². The van der Waals surface area contributed by atoms with Crippen LogP contribution in [0.15, 0.2) is 48.1 Å². The second-order valence-corrected chi connectivity index (χ2v) is 11.3. The van der Waals surface area contributed by atoms with E-state index < -0.39 is 34.3 Å². The Bertz CT molecular complexity index is 1200. The number of nitro groups is 1. The molecule has 8 nitrogen and oxygen atoms in total. The second-order valence-electron chi connectivity index (χ2n) is 11.3. The third kappa shape index (κ3) is 3.57. The Labute approximate surface area is 209 Å². The van der Waals surface area contributed by atoms with Gasteiger partial charge in [0.1, 0.15) is 5.60 Å². The van der Waals surface area contributed by atoms with Crippen molar-refractivity contribution < 1.29 is 29.2 Å². The number of carbonyl (C=O) groups is 3. The summed E-state index contributed by atoms with van der Waals surface area (Å²) >= 11 is 0. The number of Topliss-reactive ketones (excluding diaryl/α,β-unsaturated/α-hetero) is 1. The molecule has 0 aromatic heterocycles. The predicted octanol–water partition coefficient (Wildman–Crippen LogP) is 4.36. The lowest BCUT2D eigenvalue weighted by Crippen LogP contribution is -2.58. The van der Waals surface area contributed by atoms with Crippen molar-refractivity contribution in [3.63, 3.8) is 0 Å². The van der Waals surface area contributed by atoms with Crippen molar-refractivity contribution in [2.24, 2.45) is 28.6 Å². The van der Waals surface area contributed by atoms with Gasteiger partial charge in [0.15, 0.2) is 12.4 Å². The minimum Gasteiger partial charge on any atom is -0.454 e. The van der Waals surface area contributed by atoms with Gasteiger partial charge >= 0.3 is 5.97 Å². The summed E-state index contributed by atoms with van der Waals surface area (Å²) < 4.78 is 5.23. The molecule has 36 heavy (non-hydrogen) atoms. The highest BCUT2D eigenvalue weighted by atomic mass is 16.6. The van der Waals surface area contributed by atoms with E-state index in [1.165, 1.54) is 29.8 Å². The van der Waals surface area contributed by atoms with E-state index in [9.17, 15) is 29.6 Å². The van der Waals surface area contributed by atoms with Gasteiger partial charge in [-0.15, -0.1) is 0 Å². The van der Waals surface area contributed by atoms with Crippen LogP contribution in [0.1, 0.15) is 62.7 Å². The lowest BCUT2D eigenvalue weighted by atomic mass is 9.47. The minimum atomic E-state index is -1.58. The summed E-state index contributed by atoms with van der Waals surface area (Å²) in [6.45, 7) is 3.67. The summed E-state index contributed by atoms with van der Waals surface area (Å²) in [6, 6.07) is 4.98. The van der Waals surface area contributed by atoms with Crippen LogP contribution in [-0.4, -0.2) is 39.8 Å². The van der Waals surface area contributed by atoms with Crippen molar-refractivity contribution in [3.8, 4) is 0 Å². The molecule has 0 spiro atoms. The summed E-state index contributed by atoms with van der Waals surface area (Å²) in [4.78, 5) is 48.0. The molecule has 1 aromatic carbocycles. The van der Waals surface area contributed by atoms with E-state index in [4.69, 9.17) is 4.74 Å². The number of carbonyl (C=O) groups excluding carboxylic acids is 3. The number of nitro benzene ring substituents is 1. The van der Waals surface area contributed by atoms with Gasteiger partial charge in [-0.25, -0.2) is 4.79 Å². The van der Waals surface area contributed by atoms with Crippen LogP contribution in [-0.2, 0) is 14.3 Å². The molecular formula is C28H31NO7. The first-order valence-corrected chi connectivity index (χ1v) is 12.6. The number of nitrogens with zero attached hydrogens (tertiary/aromatic N) is 1. The normalized spacial score (nSPS) is 36.8. The fourth-order valence-electron chi connectivity index (χ4n) is 7.72. The molecule has 4 aliphatic rings. The Morgan fingerprint density at radius 1 is 1.11 bits per heavy atom. The summed E-state index contributed by atoms with van der Waals surface area (Å²) in [6.07, 6.45) is 9.91. The van der Waals surface area contributed by atoms with Crippen molar-refractivity contribution in [1.82, 2.24) is 0 Å². The van der Waals surface area contributed by atoms with Crippen LogP contribution in [0, 0.1) is 38.7 Å². The van der Waals surface area contributed by atoms with Crippen LogP contribution in [0.5, 0.6) is 0 Å². The topological polar surface area (TPSA) is 124 Å². The zero-order valence-electron chi connectivity index (χ0n) is 20.6. The molecule has 190 valence electrons.